The minimum absolute atomic E-state index is 0.0532. The average Bonchev–Trinajstić information content (AvgIpc) is 4.01. The third kappa shape index (κ3) is 4.85. The van der Waals surface area contributed by atoms with E-state index in [-0.39, 0.29) is 5.92 Å². The maximum absolute atomic E-state index is 6.18. The van der Waals surface area contributed by atoms with Crippen LogP contribution >= 0.6 is 0 Å². The van der Waals surface area contributed by atoms with Crippen molar-refractivity contribution < 1.29 is 4.42 Å². The zero-order chi connectivity index (χ0) is 41.9. The molecule has 1 spiro atoms. The maximum atomic E-state index is 6.18. The Morgan fingerprint density at radius 1 is 0.344 bits per heavy atom. The van der Waals surface area contributed by atoms with Gasteiger partial charge in [0.2, 0.25) is 0 Å². The fourth-order valence-electron chi connectivity index (χ4n) is 11.6. The molecule has 0 radical (unpaired) electrons. The predicted molar refractivity (Wildman–Crippen MR) is 264 cm³/mol. The number of fused-ring (bicyclic) bond motifs is 15. The minimum atomic E-state index is -0.485. The molecule has 2 aliphatic rings. The van der Waals surface area contributed by atoms with Crippen LogP contribution in [0.3, 0.4) is 0 Å². The summed E-state index contributed by atoms with van der Waals surface area (Å²) in [6, 6.07) is 85.5. The van der Waals surface area contributed by atoms with Crippen LogP contribution in [-0.2, 0) is 5.41 Å². The summed E-state index contributed by atoms with van der Waals surface area (Å²) in [6.07, 6.45) is 0. The molecule has 2 aromatic heterocycles. The first-order valence-corrected chi connectivity index (χ1v) is 22.3. The van der Waals surface area contributed by atoms with E-state index in [1.54, 1.807) is 0 Å². The van der Waals surface area contributed by atoms with Crippen molar-refractivity contribution in [2.45, 2.75) is 11.3 Å². The second kappa shape index (κ2) is 13.4. The van der Waals surface area contributed by atoms with Crippen molar-refractivity contribution in [3.63, 3.8) is 0 Å². The summed E-state index contributed by atoms with van der Waals surface area (Å²) in [4.78, 5) is 0. The van der Waals surface area contributed by atoms with E-state index in [0.717, 1.165) is 21.9 Å². The third-order valence-electron chi connectivity index (χ3n) is 14.3. The summed E-state index contributed by atoms with van der Waals surface area (Å²) in [6.45, 7) is 0. The van der Waals surface area contributed by atoms with Gasteiger partial charge in [0.25, 0.3) is 0 Å². The summed E-state index contributed by atoms with van der Waals surface area (Å²) < 4.78 is 8.69. The van der Waals surface area contributed by atoms with Gasteiger partial charge in [-0.25, -0.2) is 0 Å². The van der Waals surface area contributed by atoms with E-state index in [2.05, 4.69) is 223 Å². The lowest BCUT2D eigenvalue weighted by Gasteiger charge is -2.39. The van der Waals surface area contributed by atoms with Crippen molar-refractivity contribution >= 4 is 43.7 Å². The topological polar surface area (TPSA) is 18.1 Å². The van der Waals surface area contributed by atoms with Crippen LogP contribution in [-0.4, -0.2) is 4.57 Å². The van der Waals surface area contributed by atoms with Crippen molar-refractivity contribution in [1.82, 2.24) is 4.57 Å². The zero-order valence-corrected chi connectivity index (χ0v) is 34.9. The number of furan rings is 1. The van der Waals surface area contributed by atoms with Crippen molar-refractivity contribution in [3.05, 3.63) is 269 Å². The van der Waals surface area contributed by atoms with E-state index < -0.39 is 5.41 Å². The Hall–Kier alpha value is -8.20. The molecule has 0 amide bonds. The van der Waals surface area contributed by atoms with E-state index in [1.807, 2.05) is 12.1 Å². The molecule has 0 fully saturated rings. The zero-order valence-electron chi connectivity index (χ0n) is 34.9. The second-order valence-corrected chi connectivity index (χ2v) is 17.5. The summed E-state index contributed by atoms with van der Waals surface area (Å²) in [5.74, 6) is 0.0532. The quantitative estimate of drug-likeness (QED) is 0.158. The molecule has 10 aromatic carbocycles. The highest BCUT2D eigenvalue weighted by atomic mass is 16.3. The number of nitrogens with zero attached hydrogens (tertiary/aromatic N) is 1. The van der Waals surface area contributed by atoms with Crippen LogP contribution in [0, 0.1) is 0 Å². The Balaban J connectivity index is 0.906. The summed E-state index contributed by atoms with van der Waals surface area (Å²) in [5.41, 5.74) is 21.7. The predicted octanol–water partition coefficient (Wildman–Crippen LogP) is 15.9. The number of para-hydroxylation sites is 4. The lowest BCUT2D eigenvalue weighted by atomic mass is 9.65. The highest BCUT2D eigenvalue weighted by Crippen LogP contribution is 2.61. The van der Waals surface area contributed by atoms with Crippen molar-refractivity contribution in [2.75, 3.05) is 0 Å². The molecule has 1 aliphatic heterocycles. The number of rotatable bonds is 5. The van der Waals surface area contributed by atoms with Gasteiger partial charge >= 0.3 is 0 Å². The molecule has 0 N–H and O–H groups in total. The number of hydrogen-bond acceptors (Lipinski definition) is 1. The van der Waals surface area contributed by atoms with Crippen LogP contribution in [0.4, 0.5) is 0 Å². The van der Waals surface area contributed by atoms with E-state index in [9.17, 15) is 0 Å². The van der Waals surface area contributed by atoms with Crippen molar-refractivity contribution in [2.24, 2.45) is 0 Å². The molecule has 14 rings (SSSR count). The number of benzene rings is 10. The van der Waals surface area contributed by atoms with Gasteiger partial charge in [-0.05, 0) is 109 Å². The third-order valence-corrected chi connectivity index (χ3v) is 14.3. The molecule has 0 saturated heterocycles. The van der Waals surface area contributed by atoms with Gasteiger partial charge in [0, 0.05) is 27.5 Å². The second-order valence-electron chi connectivity index (χ2n) is 17.5. The Morgan fingerprint density at radius 2 is 0.953 bits per heavy atom. The Kier molecular flexibility index (Phi) is 7.41. The first kappa shape index (κ1) is 35.4. The van der Waals surface area contributed by atoms with Gasteiger partial charge in [0.05, 0.1) is 22.1 Å². The monoisotopic (exact) mass is 813 g/mol. The molecule has 0 bridgehead atoms. The van der Waals surface area contributed by atoms with E-state index >= 15 is 0 Å². The summed E-state index contributed by atoms with van der Waals surface area (Å²) >= 11 is 0. The molecule has 2 heteroatoms. The molecular formula is C62H39NO. The largest absolute Gasteiger partial charge is 0.456 e. The van der Waals surface area contributed by atoms with Gasteiger partial charge in [0.15, 0.2) is 0 Å². The van der Waals surface area contributed by atoms with Crippen LogP contribution in [0.15, 0.2) is 235 Å². The molecule has 2 nitrogen and oxygen atoms in total. The van der Waals surface area contributed by atoms with Crippen LogP contribution in [0.2, 0.25) is 0 Å². The van der Waals surface area contributed by atoms with Gasteiger partial charge in [-0.2, -0.15) is 0 Å². The van der Waals surface area contributed by atoms with Crippen LogP contribution in [0.25, 0.3) is 82.8 Å². The fourth-order valence-corrected chi connectivity index (χ4v) is 11.6. The highest BCUT2D eigenvalue weighted by Gasteiger charge is 2.50. The number of aromatic nitrogens is 1. The molecule has 298 valence electrons. The lowest BCUT2D eigenvalue weighted by Crippen LogP contribution is -2.33. The molecular weight excluding hydrogens is 775 g/mol. The average molecular weight is 814 g/mol. The molecule has 2 atom stereocenters. The Bertz CT molecular complexity index is 3850. The minimum Gasteiger partial charge on any atom is -0.456 e. The van der Waals surface area contributed by atoms with Crippen LogP contribution < -0.4 is 0 Å². The molecule has 64 heavy (non-hydrogen) atoms. The lowest BCUT2D eigenvalue weighted by molar-refractivity contribution is 0.669. The molecule has 1 aliphatic carbocycles. The highest BCUT2D eigenvalue weighted by molar-refractivity contribution is 6.13. The van der Waals surface area contributed by atoms with Crippen LogP contribution in [0.1, 0.15) is 44.9 Å². The SMILES string of the molecule is c1ccc(C(c2ccc(-c3ccc4c(c3)C3(c5ccccc5-4)c4ccccc4-n4c5ccccc5c5cccc3c54)cc2)c2cccc(-c3ccc4oc5ccccc5c4c3)c2)cc1. The van der Waals surface area contributed by atoms with Gasteiger partial charge in [-0.1, -0.05) is 194 Å². The normalized spacial score (nSPS) is 15.2. The van der Waals surface area contributed by atoms with Gasteiger partial charge in [-0.3, -0.25) is 0 Å². The molecule has 12 aromatic rings. The molecule has 2 unspecified atom stereocenters. The van der Waals surface area contributed by atoms with Crippen molar-refractivity contribution in [1.29, 1.82) is 0 Å². The van der Waals surface area contributed by atoms with Gasteiger partial charge < -0.3 is 8.98 Å². The standard InChI is InChI=1S/C62H39NO/c1-2-14-40(15-3-1)60(45-17-12-16-42(36-45)43-33-35-59-51(37-43)49-20-6-11-27-58(49)64-59)41-30-28-39(29-31-41)44-32-34-47-46-18-4-7-22-52(46)62(55(47)38-44)53-23-8-10-26-57(53)63-56-25-9-5-19-48(56)50-21-13-24-54(62)61(50)63/h1-38,60H. The fraction of sp³-hybridized carbons (Fsp3) is 0.0323. The smallest absolute Gasteiger partial charge is 0.135 e. The maximum Gasteiger partial charge on any atom is 0.135 e. The van der Waals surface area contributed by atoms with Gasteiger partial charge in [-0.15, -0.1) is 0 Å². The summed E-state index contributed by atoms with van der Waals surface area (Å²) in [5, 5.41) is 4.87. The summed E-state index contributed by atoms with van der Waals surface area (Å²) in [7, 11) is 0. The Morgan fingerprint density at radius 3 is 1.86 bits per heavy atom. The van der Waals surface area contributed by atoms with Gasteiger partial charge in [0.1, 0.15) is 11.2 Å². The van der Waals surface area contributed by atoms with E-state index in [4.69, 9.17) is 4.42 Å². The van der Waals surface area contributed by atoms with E-state index in [1.165, 1.54) is 99.8 Å². The van der Waals surface area contributed by atoms with Crippen LogP contribution in [0.5, 0.6) is 0 Å². The number of hydrogen-bond donors (Lipinski definition) is 0. The van der Waals surface area contributed by atoms with Crippen molar-refractivity contribution in [3.8, 4) is 39.1 Å². The van der Waals surface area contributed by atoms with E-state index in [0.29, 0.717) is 0 Å². The first-order chi connectivity index (χ1) is 31.7. The Labute approximate surface area is 370 Å². The molecule has 3 heterocycles. The first-order valence-electron chi connectivity index (χ1n) is 22.3. The molecule has 0 saturated carbocycles.